The van der Waals surface area contributed by atoms with Crippen LogP contribution in [0.15, 0.2) is 0 Å². The van der Waals surface area contributed by atoms with Crippen LogP contribution in [0, 0.1) is 0 Å². The Kier molecular flexibility index (Phi) is 2.67. The zero-order chi connectivity index (χ0) is 9.46. The van der Waals surface area contributed by atoms with Crippen molar-refractivity contribution in [1.82, 2.24) is 0 Å². The molecule has 0 bridgehead atoms. The first kappa shape index (κ1) is 9.85. The van der Waals surface area contributed by atoms with Gasteiger partial charge in [0.05, 0.1) is 6.04 Å². The molecule has 1 rings (SSSR count). The third kappa shape index (κ3) is 1.33. The molecule has 0 spiro atoms. The van der Waals surface area contributed by atoms with Crippen LogP contribution in [0.2, 0.25) is 0 Å². The van der Waals surface area contributed by atoms with Crippen LogP contribution in [0.5, 0.6) is 0 Å². The second-order valence-electron chi connectivity index (χ2n) is 3.03. The number of aliphatic hydroxyl groups excluding tert-OH is 5. The quantitative estimate of drug-likeness (QED) is 0.226. The molecule has 7 N–H and O–H groups in total. The Balaban J connectivity index is 2.76. The van der Waals surface area contributed by atoms with Crippen molar-refractivity contribution in [2.45, 2.75) is 36.6 Å². The number of rotatable bonds is 0. The van der Waals surface area contributed by atoms with Crippen molar-refractivity contribution < 1.29 is 25.5 Å². The Labute approximate surface area is 68.9 Å². The van der Waals surface area contributed by atoms with Crippen molar-refractivity contribution in [3.8, 4) is 0 Å². The first-order chi connectivity index (χ1) is 5.46. The summed E-state index contributed by atoms with van der Waals surface area (Å²) in [5.41, 5.74) is 5.23. The standard InChI is InChI=1S/C6H13NO5/c7-1-2(8)4(10)6(12)5(11)3(1)9/h1-6,8-12H,7H2/t1-,2-,3-,4-,5+,6+/m0/s1. The zero-order valence-corrected chi connectivity index (χ0v) is 6.28. The summed E-state index contributed by atoms with van der Waals surface area (Å²) in [6, 6.07) is -1.14. The van der Waals surface area contributed by atoms with Gasteiger partial charge >= 0.3 is 0 Å². The van der Waals surface area contributed by atoms with E-state index in [0.717, 1.165) is 0 Å². The van der Waals surface area contributed by atoms with E-state index in [-0.39, 0.29) is 0 Å². The van der Waals surface area contributed by atoms with E-state index < -0.39 is 36.6 Å². The topological polar surface area (TPSA) is 127 Å². The summed E-state index contributed by atoms with van der Waals surface area (Å²) < 4.78 is 0. The molecule has 0 aromatic rings. The van der Waals surface area contributed by atoms with Crippen molar-refractivity contribution in [2.24, 2.45) is 5.73 Å². The number of aliphatic hydroxyl groups is 5. The molecule has 0 aromatic carbocycles. The highest BCUT2D eigenvalue weighted by molar-refractivity contribution is 5.00. The van der Waals surface area contributed by atoms with E-state index >= 15 is 0 Å². The van der Waals surface area contributed by atoms with E-state index in [1.807, 2.05) is 0 Å². The van der Waals surface area contributed by atoms with Crippen LogP contribution in [0.25, 0.3) is 0 Å². The molecule has 1 saturated carbocycles. The maximum Gasteiger partial charge on any atom is 0.111 e. The fourth-order valence-corrected chi connectivity index (χ4v) is 1.26. The molecular weight excluding hydrogens is 166 g/mol. The molecule has 0 radical (unpaired) electrons. The average Bonchev–Trinajstić information content (AvgIpc) is 2.08. The molecule has 6 nitrogen and oxygen atoms in total. The highest BCUT2D eigenvalue weighted by Gasteiger charge is 2.46. The van der Waals surface area contributed by atoms with Crippen molar-refractivity contribution in [3.63, 3.8) is 0 Å². The molecule has 72 valence electrons. The van der Waals surface area contributed by atoms with Crippen LogP contribution in [0.3, 0.4) is 0 Å². The Morgan fingerprint density at radius 3 is 1.17 bits per heavy atom. The van der Waals surface area contributed by atoms with Crippen LogP contribution in [0.4, 0.5) is 0 Å². The van der Waals surface area contributed by atoms with E-state index in [0.29, 0.717) is 0 Å². The molecule has 1 fully saturated rings. The van der Waals surface area contributed by atoms with Gasteiger partial charge in [-0.15, -0.1) is 0 Å². The highest BCUT2D eigenvalue weighted by atomic mass is 16.4. The van der Waals surface area contributed by atoms with E-state index in [9.17, 15) is 0 Å². The lowest BCUT2D eigenvalue weighted by atomic mass is 9.84. The maximum absolute atomic E-state index is 9.10. The third-order valence-electron chi connectivity index (χ3n) is 2.19. The average molecular weight is 179 g/mol. The largest absolute Gasteiger partial charge is 0.389 e. The van der Waals surface area contributed by atoms with Gasteiger partial charge < -0.3 is 31.3 Å². The molecule has 0 amide bonds. The normalized spacial score (nSPS) is 55.5. The van der Waals surface area contributed by atoms with Gasteiger partial charge in [0.1, 0.15) is 30.5 Å². The maximum atomic E-state index is 9.10. The molecule has 0 aromatic heterocycles. The fraction of sp³-hybridized carbons (Fsp3) is 1.00. The van der Waals surface area contributed by atoms with E-state index in [1.54, 1.807) is 0 Å². The molecule has 12 heavy (non-hydrogen) atoms. The van der Waals surface area contributed by atoms with Crippen LogP contribution in [-0.2, 0) is 0 Å². The SMILES string of the molecule is N[C@H]1[C@H](O)[C@H](O)[C@@H](O)[C@H](O)[C@H]1O. The second kappa shape index (κ2) is 3.25. The monoisotopic (exact) mass is 179 g/mol. The van der Waals surface area contributed by atoms with Crippen LogP contribution < -0.4 is 5.73 Å². The molecule has 1 aliphatic carbocycles. The highest BCUT2D eigenvalue weighted by Crippen LogP contribution is 2.19. The predicted molar refractivity (Wildman–Crippen MR) is 38.0 cm³/mol. The zero-order valence-electron chi connectivity index (χ0n) is 6.28. The summed E-state index contributed by atoms with van der Waals surface area (Å²) in [5, 5.41) is 45.3. The van der Waals surface area contributed by atoms with Crippen LogP contribution >= 0.6 is 0 Å². The molecule has 0 saturated heterocycles. The fourth-order valence-electron chi connectivity index (χ4n) is 1.26. The minimum Gasteiger partial charge on any atom is -0.389 e. The first-order valence-electron chi connectivity index (χ1n) is 3.62. The second-order valence-corrected chi connectivity index (χ2v) is 3.03. The number of hydrogen-bond donors (Lipinski definition) is 6. The Hall–Kier alpha value is -0.240. The minimum absolute atomic E-state index is 1.14. The summed E-state index contributed by atoms with van der Waals surface area (Å²) >= 11 is 0. The first-order valence-corrected chi connectivity index (χ1v) is 3.62. The lowest BCUT2D eigenvalue weighted by Gasteiger charge is -2.40. The third-order valence-corrected chi connectivity index (χ3v) is 2.19. The van der Waals surface area contributed by atoms with Crippen molar-refractivity contribution in [2.75, 3.05) is 0 Å². The molecule has 0 aliphatic heterocycles. The molecule has 6 heteroatoms. The van der Waals surface area contributed by atoms with E-state index in [4.69, 9.17) is 31.3 Å². The van der Waals surface area contributed by atoms with Gasteiger partial charge in [-0.2, -0.15) is 0 Å². The summed E-state index contributed by atoms with van der Waals surface area (Å²) in [7, 11) is 0. The van der Waals surface area contributed by atoms with Crippen LogP contribution in [-0.4, -0.2) is 62.1 Å². The van der Waals surface area contributed by atoms with Crippen molar-refractivity contribution in [3.05, 3.63) is 0 Å². The number of hydrogen-bond acceptors (Lipinski definition) is 6. The molecule has 1 aliphatic rings. The summed E-state index contributed by atoms with van der Waals surface area (Å²) in [6.45, 7) is 0. The lowest BCUT2D eigenvalue weighted by molar-refractivity contribution is -0.184. The van der Waals surface area contributed by atoms with Gasteiger partial charge in [-0.1, -0.05) is 0 Å². The van der Waals surface area contributed by atoms with Crippen LogP contribution in [0.1, 0.15) is 0 Å². The molecule has 0 unspecified atom stereocenters. The summed E-state index contributed by atoms with van der Waals surface area (Å²) in [6.07, 6.45) is -7.43. The van der Waals surface area contributed by atoms with Gasteiger partial charge in [-0.05, 0) is 0 Å². The van der Waals surface area contributed by atoms with Gasteiger partial charge in [0.15, 0.2) is 0 Å². The Bertz CT molecular complexity index is 107. The smallest absolute Gasteiger partial charge is 0.111 e. The van der Waals surface area contributed by atoms with Gasteiger partial charge in [0.2, 0.25) is 0 Å². The lowest BCUT2D eigenvalue weighted by Crippen LogP contribution is -2.66. The summed E-state index contributed by atoms with van der Waals surface area (Å²) in [5.74, 6) is 0. The molecule has 0 heterocycles. The predicted octanol–water partition coefficient (Wildman–Crippen LogP) is -3.87. The van der Waals surface area contributed by atoms with Gasteiger partial charge in [0, 0.05) is 0 Å². The van der Waals surface area contributed by atoms with Crippen molar-refractivity contribution in [1.29, 1.82) is 0 Å². The Morgan fingerprint density at radius 1 is 0.583 bits per heavy atom. The van der Waals surface area contributed by atoms with Crippen molar-refractivity contribution >= 4 is 0 Å². The Morgan fingerprint density at radius 2 is 0.833 bits per heavy atom. The molecule has 6 atom stereocenters. The summed E-state index contributed by atoms with van der Waals surface area (Å²) in [4.78, 5) is 0. The van der Waals surface area contributed by atoms with Gasteiger partial charge in [0.25, 0.3) is 0 Å². The van der Waals surface area contributed by atoms with Gasteiger partial charge in [-0.3, -0.25) is 0 Å². The van der Waals surface area contributed by atoms with Gasteiger partial charge in [-0.25, -0.2) is 0 Å². The minimum atomic E-state index is -1.56. The number of nitrogens with two attached hydrogens (primary N) is 1. The van der Waals surface area contributed by atoms with E-state index in [2.05, 4.69) is 0 Å². The molecular formula is C6H13NO5. The van der Waals surface area contributed by atoms with E-state index in [1.165, 1.54) is 0 Å².